The lowest BCUT2D eigenvalue weighted by molar-refractivity contribution is -0.00450. The second-order valence-corrected chi connectivity index (χ2v) is 14.6. The number of hydrogen-bond acceptors (Lipinski definition) is 4. The second kappa shape index (κ2) is 11.8. The fraction of sp³-hybridized carbons (Fsp3) is 0.227. The fourth-order valence-corrected chi connectivity index (χ4v) is 9.76. The smallest absolute Gasteiger partial charge is 0.335 e. The molecule has 0 atom stereocenters. The molecular weight excluding hydrogens is 624 g/mol. The SMILES string of the molecule is O=C(O)c1ccc(Oc2ccc3ccccc3c2-c2c(Oc3ccc(C(=O)O)cc3)ccc3c(C45CC6CC(CC(C6)C4)C5)cccc23)cc1. The van der Waals surface area contributed by atoms with Crippen LogP contribution in [0.4, 0.5) is 0 Å². The minimum Gasteiger partial charge on any atom is -0.478 e. The van der Waals surface area contributed by atoms with Gasteiger partial charge in [0.05, 0.1) is 11.1 Å². The highest BCUT2D eigenvalue weighted by molar-refractivity contribution is 6.10. The van der Waals surface area contributed by atoms with Gasteiger partial charge in [0.15, 0.2) is 0 Å². The molecule has 0 aliphatic heterocycles. The molecule has 4 aliphatic rings. The van der Waals surface area contributed by atoms with E-state index in [-0.39, 0.29) is 16.5 Å². The molecule has 4 saturated carbocycles. The van der Waals surface area contributed by atoms with Crippen LogP contribution in [0.5, 0.6) is 23.0 Å². The van der Waals surface area contributed by atoms with Gasteiger partial charge in [0, 0.05) is 11.1 Å². The van der Waals surface area contributed by atoms with Crippen molar-refractivity contribution in [3.63, 3.8) is 0 Å². The average molecular weight is 661 g/mol. The molecule has 6 heteroatoms. The highest BCUT2D eigenvalue weighted by Crippen LogP contribution is 2.62. The Bertz CT molecular complexity index is 2270. The van der Waals surface area contributed by atoms with Crippen molar-refractivity contribution in [3.05, 3.63) is 132 Å². The summed E-state index contributed by atoms with van der Waals surface area (Å²) in [5.41, 5.74) is 3.74. The maximum atomic E-state index is 11.6. The molecule has 0 amide bonds. The van der Waals surface area contributed by atoms with Crippen molar-refractivity contribution in [2.24, 2.45) is 17.8 Å². The number of carboxylic acids is 2. The summed E-state index contributed by atoms with van der Waals surface area (Å²) >= 11 is 0. The predicted molar refractivity (Wildman–Crippen MR) is 194 cm³/mol. The van der Waals surface area contributed by atoms with Gasteiger partial charge in [-0.05, 0) is 149 Å². The molecule has 0 saturated heterocycles. The highest BCUT2D eigenvalue weighted by Gasteiger charge is 2.52. The van der Waals surface area contributed by atoms with Crippen molar-refractivity contribution in [1.82, 2.24) is 0 Å². The van der Waals surface area contributed by atoms with Crippen LogP contribution < -0.4 is 9.47 Å². The van der Waals surface area contributed by atoms with Crippen molar-refractivity contribution in [2.45, 2.75) is 43.9 Å². The van der Waals surface area contributed by atoms with E-state index in [4.69, 9.17) is 9.47 Å². The van der Waals surface area contributed by atoms with Gasteiger partial charge in [0.25, 0.3) is 0 Å². The molecule has 10 rings (SSSR count). The number of hydrogen-bond donors (Lipinski definition) is 2. The predicted octanol–water partition coefficient (Wildman–Crippen LogP) is 11.1. The molecule has 0 spiro atoms. The van der Waals surface area contributed by atoms with E-state index in [0.29, 0.717) is 23.0 Å². The number of carboxylic acid groups (broad SMARTS) is 2. The van der Waals surface area contributed by atoms with Crippen LogP contribution in [-0.4, -0.2) is 22.2 Å². The number of aromatic carboxylic acids is 2. The third kappa shape index (κ3) is 5.18. The van der Waals surface area contributed by atoms with Crippen molar-refractivity contribution in [3.8, 4) is 34.1 Å². The first-order valence-electron chi connectivity index (χ1n) is 17.4. The highest BCUT2D eigenvalue weighted by atomic mass is 16.5. The van der Waals surface area contributed by atoms with Gasteiger partial charge < -0.3 is 19.7 Å². The summed E-state index contributed by atoms with van der Waals surface area (Å²) in [7, 11) is 0. The monoisotopic (exact) mass is 660 g/mol. The zero-order chi connectivity index (χ0) is 34.0. The summed E-state index contributed by atoms with van der Waals surface area (Å²) in [5.74, 6) is 2.72. The standard InChI is InChI=1S/C44H36O6/c45-42(46)30-8-13-32(14-9-30)49-38-18-12-29-4-1-2-5-34(29)40(38)41-36-6-3-7-37(44-23-26-20-27(24-44)22-28(21-26)25-44)35(36)17-19-39(41)50-33-15-10-31(11-16-33)43(47)48/h1-19,26-28H,20-25H2,(H,45,46)(H,47,48). The van der Waals surface area contributed by atoms with Crippen molar-refractivity contribution >= 4 is 33.5 Å². The number of rotatable bonds is 8. The van der Waals surface area contributed by atoms with Crippen LogP contribution in [0.25, 0.3) is 32.7 Å². The Morgan fingerprint density at radius 3 is 1.58 bits per heavy atom. The van der Waals surface area contributed by atoms with Crippen molar-refractivity contribution in [1.29, 1.82) is 0 Å². The summed E-state index contributed by atoms with van der Waals surface area (Å²) in [4.78, 5) is 23.2. The van der Waals surface area contributed by atoms with Crippen molar-refractivity contribution in [2.75, 3.05) is 0 Å². The third-order valence-electron chi connectivity index (χ3n) is 11.4. The fourth-order valence-electron chi connectivity index (χ4n) is 9.76. The van der Waals surface area contributed by atoms with Crippen LogP contribution in [-0.2, 0) is 5.41 Å². The van der Waals surface area contributed by atoms with Crippen molar-refractivity contribution < 1.29 is 29.3 Å². The largest absolute Gasteiger partial charge is 0.478 e. The van der Waals surface area contributed by atoms with Crippen LogP contribution in [0.15, 0.2) is 115 Å². The quantitative estimate of drug-likeness (QED) is 0.169. The maximum absolute atomic E-state index is 11.6. The first-order valence-corrected chi connectivity index (χ1v) is 17.4. The first kappa shape index (κ1) is 30.4. The van der Waals surface area contributed by atoms with Crippen LogP contribution in [0.2, 0.25) is 0 Å². The lowest BCUT2D eigenvalue weighted by Gasteiger charge is -2.57. The van der Waals surface area contributed by atoms with Crippen LogP contribution in [0.3, 0.4) is 0 Å². The summed E-state index contributed by atoms with van der Waals surface area (Å²) in [6, 6.07) is 36.2. The molecule has 6 aromatic rings. The molecule has 6 nitrogen and oxygen atoms in total. The molecule has 50 heavy (non-hydrogen) atoms. The van der Waals surface area contributed by atoms with E-state index >= 15 is 0 Å². The van der Waals surface area contributed by atoms with Gasteiger partial charge in [-0.15, -0.1) is 0 Å². The van der Waals surface area contributed by atoms with Crippen LogP contribution >= 0.6 is 0 Å². The van der Waals surface area contributed by atoms with E-state index in [1.807, 2.05) is 24.3 Å². The second-order valence-electron chi connectivity index (χ2n) is 14.6. The summed E-state index contributed by atoms with van der Waals surface area (Å²) in [5, 5.41) is 23.3. The van der Waals surface area contributed by atoms with Crippen LogP contribution in [0, 0.1) is 17.8 Å². The van der Waals surface area contributed by atoms with Gasteiger partial charge in [0.2, 0.25) is 0 Å². The van der Waals surface area contributed by atoms with Gasteiger partial charge in [0.1, 0.15) is 23.0 Å². The van der Waals surface area contributed by atoms with Crippen LogP contribution in [0.1, 0.15) is 64.8 Å². The van der Waals surface area contributed by atoms with E-state index in [9.17, 15) is 19.8 Å². The molecule has 2 N–H and O–H groups in total. The molecule has 6 aromatic carbocycles. The lowest BCUT2D eigenvalue weighted by Crippen LogP contribution is -2.48. The molecule has 0 unspecified atom stereocenters. The maximum Gasteiger partial charge on any atom is 0.335 e. The summed E-state index contributed by atoms with van der Waals surface area (Å²) in [6.45, 7) is 0. The number of fused-ring (bicyclic) bond motifs is 2. The Balaban J connectivity index is 1.27. The normalized spacial score (nSPS) is 22.1. The van der Waals surface area contributed by atoms with E-state index in [1.165, 1.54) is 49.5 Å². The first-order chi connectivity index (χ1) is 24.3. The Morgan fingerprint density at radius 2 is 1.02 bits per heavy atom. The van der Waals surface area contributed by atoms with Gasteiger partial charge in [-0.2, -0.15) is 0 Å². The van der Waals surface area contributed by atoms with Gasteiger partial charge in [-0.3, -0.25) is 0 Å². The minimum atomic E-state index is -0.994. The number of carbonyl (C=O) groups is 2. The molecule has 0 aromatic heterocycles. The molecular formula is C44H36O6. The lowest BCUT2D eigenvalue weighted by atomic mass is 9.47. The summed E-state index contributed by atoms with van der Waals surface area (Å²) in [6.07, 6.45) is 7.86. The number of ether oxygens (including phenoxy) is 2. The zero-order valence-electron chi connectivity index (χ0n) is 27.5. The Hall–Kier alpha value is -5.62. The zero-order valence-corrected chi connectivity index (χ0v) is 27.5. The molecule has 0 heterocycles. The van der Waals surface area contributed by atoms with E-state index in [2.05, 4.69) is 42.5 Å². The molecule has 4 bridgehead atoms. The third-order valence-corrected chi connectivity index (χ3v) is 11.4. The van der Waals surface area contributed by atoms with E-state index in [0.717, 1.165) is 45.0 Å². The minimum absolute atomic E-state index is 0.171. The van der Waals surface area contributed by atoms with Gasteiger partial charge in [-0.25, -0.2) is 9.59 Å². The van der Waals surface area contributed by atoms with Gasteiger partial charge >= 0.3 is 11.9 Å². The summed E-state index contributed by atoms with van der Waals surface area (Å²) < 4.78 is 13.3. The Kier molecular flexibility index (Phi) is 7.16. The Labute approximate surface area is 289 Å². The number of benzene rings is 6. The Morgan fingerprint density at radius 1 is 0.520 bits per heavy atom. The van der Waals surface area contributed by atoms with E-state index < -0.39 is 11.9 Å². The van der Waals surface area contributed by atoms with Gasteiger partial charge in [-0.1, -0.05) is 54.6 Å². The molecule has 0 radical (unpaired) electrons. The van der Waals surface area contributed by atoms with E-state index in [1.54, 1.807) is 48.5 Å². The molecule has 4 aliphatic carbocycles. The molecule has 248 valence electrons. The topological polar surface area (TPSA) is 93.1 Å². The molecule has 4 fully saturated rings. The average Bonchev–Trinajstić information content (AvgIpc) is 3.11.